The van der Waals surface area contributed by atoms with Gasteiger partial charge in [0.1, 0.15) is 11.6 Å². The minimum atomic E-state index is -0.238. The maximum Gasteiger partial charge on any atom is 0.257 e. The lowest BCUT2D eigenvalue weighted by Gasteiger charge is -2.27. The number of aryl methyl sites for hydroxylation is 1. The number of amides is 1. The molecule has 0 aliphatic carbocycles. The van der Waals surface area contributed by atoms with Crippen LogP contribution in [0.15, 0.2) is 49.1 Å². The van der Waals surface area contributed by atoms with E-state index in [1.165, 1.54) is 0 Å². The summed E-state index contributed by atoms with van der Waals surface area (Å²) in [7, 11) is 1.97. The number of carbonyl (C=O) groups is 1. The Labute approximate surface area is 220 Å². The van der Waals surface area contributed by atoms with Crippen molar-refractivity contribution in [3.05, 3.63) is 60.3 Å². The van der Waals surface area contributed by atoms with Crippen LogP contribution in [0.4, 0.5) is 11.6 Å². The Hall–Kier alpha value is -3.93. The molecule has 6 heterocycles. The van der Waals surface area contributed by atoms with E-state index in [9.17, 15) is 4.79 Å². The lowest BCUT2D eigenvalue weighted by atomic mass is 10.1. The molecule has 11 heteroatoms. The zero-order valence-corrected chi connectivity index (χ0v) is 21.3. The molecular weight excluding hydrogens is 484 g/mol. The van der Waals surface area contributed by atoms with Crippen LogP contribution in [0.3, 0.4) is 0 Å². The first-order valence-electron chi connectivity index (χ1n) is 12.8. The highest BCUT2D eigenvalue weighted by atomic mass is 16.5. The van der Waals surface area contributed by atoms with E-state index in [4.69, 9.17) is 9.47 Å². The third kappa shape index (κ3) is 5.21. The third-order valence-electron chi connectivity index (χ3n) is 7.00. The summed E-state index contributed by atoms with van der Waals surface area (Å²) in [6.45, 7) is 6.92. The van der Waals surface area contributed by atoms with E-state index < -0.39 is 0 Å². The van der Waals surface area contributed by atoms with Crippen LogP contribution < -0.4 is 10.2 Å². The van der Waals surface area contributed by atoms with Crippen molar-refractivity contribution in [2.75, 3.05) is 62.8 Å². The first-order chi connectivity index (χ1) is 18.6. The fourth-order valence-electron chi connectivity index (χ4n) is 4.82. The lowest BCUT2D eigenvalue weighted by molar-refractivity contribution is 0.0332. The number of hydrogen-bond acceptors (Lipinski definition) is 9. The molecule has 0 atom stereocenters. The average Bonchev–Trinajstić information content (AvgIpc) is 3.33. The van der Waals surface area contributed by atoms with Crippen LogP contribution in [0.5, 0.6) is 0 Å². The van der Waals surface area contributed by atoms with Gasteiger partial charge in [0.25, 0.3) is 5.91 Å². The van der Waals surface area contributed by atoms with Crippen molar-refractivity contribution in [1.82, 2.24) is 29.6 Å². The summed E-state index contributed by atoms with van der Waals surface area (Å²) in [4.78, 5) is 31.0. The van der Waals surface area contributed by atoms with Crippen molar-refractivity contribution >= 4 is 28.4 Å². The van der Waals surface area contributed by atoms with E-state index in [1.807, 2.05) is 30.2 Å². The van der Waals surface area contributed by atoms with Crippen molar-refractivity contribution in [3.63, 3.8) is 0 Å². The number of aromatic nitrogens is 5. The summed E-state index contributed by atoms with van der Waals surface area (Å²) in [6.07, 6.45) is 7.08. The topological polar surface area (TPSA) is 111 Å². The highest BCUT2D eigenvalue weighted by Gasteiger charge is 2.18. The zero-order chi connectivity index (χ0) is 25.9. The van der Waals surface area contributed by atoms with Gasteiger partial charge in [-0.05, 0) is 24.3 Å². The fraction of sp³-hybridized carbons (Fsp3) is 0.370. The molecule has 1 N–H and O–H groups in total. The van der Waals surface area contributed by atoms with Gasteiger partial charge in [-0.1, -0.05) is 0 Å². The Bertz CT molecular complexity index is 1440. The molecular formula is C27H30N8O3. The van der Waals surface area contributed by atoms with Crippen LogP contribution in [0.2, 0.25) is 0 Å². The predicted octanol–water partition coefficient (Wildman–Crippen LogP) is 2.35. The molecule has 0 unspecified atom stereocenters. The molecule has 0 bridgehead atoms. The van der Waals surface area contributed by atoms with Crippen LogP contribution in [0.1, 0.15) is 16.1 Å². The molecule has 6 rings (SSSR count). The minimum absolute atomic E-state index is 0.238. The summed E-state index contributed by atoms with van der Waals surface area (Å²) in [6, 6.07) is 7.44. The largest absolute Gasteiger partial charge is 0.379 e. The van der Waals surface area contributed by atoms with Crippen molar-refractivity contribution in [3.8, 4) is 11.1 Å². The molecule has 0 radical (unpaired) electrons. The zero-order valence-electron chi connectivity index (χ0n) is 21.3. The Kier molecular flexibility index (Phi) is 6.95. The van der Waals surface area contributed by atoms with Crippen molar-refractivity contribution in [1.29, 1.82) is 0 Å². The highest BCUT2D eigenvalue weighted by Crippen LogP contribution is 2.28. The molecule has 2 aliphatic rings. The average molecular weight is 515 g/mol. The number of rotatable bonds is 6. The fourth-order valence-corrected chi connectivity index (χ4v) is 4.82. The standard InChI is InChI=1S/C27H30N8O3/c1-33-24(18-34-4-8-37-9-5-34)22(16-31-33)21-12-20-13-25(30-17-23(20)29-15-21)32-27(36)19-2-3-28-26(14-19)35-6-10-38-11-7-35/h2-3,12-17H,4-11,18H2,1H3,(H,30,32,36). The molecule has 0 aromatic carbocycles. The van der Waals surface area contributed by atoms with E-state index in [-0.39, 0.29) is 5.91 Å². The van der Waals surface area contributed by atoms with E-state index in [0.717, 1.165) is 79.5 Å². The van der Waals surface area contributed by atoms with Gasteiger partial charge in [-0.15, -0.1) is 0 Å². The summed E-state index contributed by atoms with van der Waals surface area (Å²) >= 11 is 0. The van der Waals surface area contributed by atoms with E-state index in [2.05, 4.69) is 41.2 Å². The number of fused-ring (bicyclic) bond motifs is 1. The lowest BCUT2D eigenvalue weighted by Crippen LogP contribution is -2.36. The van der Waals surface area contributed by atoms with Gasteiger partial charge in [-0.25, -0.2) is 9.97 Å². The Morgan fingerprint density at radius 1 is 0.947 bits per heavy atom. The van der Waals surface area contributed by atoms with Gasteiger partial charge in [0, 0.05) is 74.2 Å². The molecule has 4 aromatic rings. The Morgan fingerprint density at radius 3 is 2.55 bits per heavy atom. The van der Waals surface area contributed by atoms with Gasteiger partial charge < -0.3 is 19.7 Å². The van der Waals surface area contributed by atoms with Crippen LogP contribution in [0.25, 0.3) is 22.0 Å². The second-order valence-electron chi connectivity index (χ2n) is 9.46. The van der Waals surface area contributed by atoms with Crippen LogP contribution in [-0.4, -0.2) is 88.1 Å². The molecule has 0 saturated carbocycles. The first kappa shape index (κ1) is 24.4. The number of ether oxygens (including phenoxy) is 2. The van der Waals surface area contributed by atoms with Gasteiger partial charge in [0.2, 0.25) is 0 Å². The van der Waals surface area contributed by atoms with Crippen LogP contribution >= 0.6 is 0 Å². The number of nitrogens with one attached hydrogen (secondary N) is 1. The SMILES string of the molecule is Cn1ncc(-c2cnc3cnc(NC(=O)c4ccnc(N5CCOCC5)c4)cc3c2)c1CN1CCOCC1. The quantitative estimate of drug-likeness (QED) is 0.415. The number of morpholine rings is 2. The smallest absolute Gasteiger partial charge is 0.257 e. The molecule has 196 valence electrons. The second-order valence-corrected chi connectivity index (χ2v) is 9.46. The Balaban J connectivity index is 1.22. The third-order valence-corrected chi connectivity index (χ3v) is 7.00. The van der Waals surface area contributed by atoms with Gasteiger partial charge in [-0.3, -0.25) is 19.4 Å². The van der Waals surface area contributed by atoms with Crippen LogP contribution in [0, 0.1) is 0 Å². The monoisotopic (exact) mass is 514 g/mol. The number of anilines is 2. The molecule has 2 aliphatic heterocycles. The molecule has 4 aromatic heterocycles. The van der Waals surface area contributed by atoms with Gasteiger partial charge in [-0.2, -0.15) is 5.10 Å². The molecule has 38 heavy (non-hydrogen) atoms. The van der Waals surface area contributed by atoms with Gasteiger partial charge in [0.05, 0.1) is 50.0 Å². The molecule has 2 fully saturated rings. The van der Waals surface area contributed by atoms with E-state index in [1.54, 1.807) is 24.5 Å². The maximum atomic E-state index is 13.0. The van der Waals surface area contributed by atoms with E-state index >= 15 is 0 Å². The minimum Gasteiger partial charge on any atom is -0.379 e. The van der Waals surface area contributed by atoms with Crippen molar-refractivity contribution in [2.24, 2.45) is 7.05 Å². The maximum absolute atomic E-state index is 13.0. The van der Waals surface area contributed by atoms with E-state index in [0.29, 0.717) is 24.6 Å². The number of pyridine rings is 3. The molecule has 0 spiro atoms. The van der Waals surface area contributed by atoms with Gasteiger partial charge in [0.15, 0.2) is 0 Å². The summed E-state index contributed by atoms with van der Waals surface area (Å²) in [5.74, 6) is 0.995. The first-order valence-corrected chi connectivity index (χ1v) is 12.8. The summed E-state index contributed by atoms with van der Waals surface area (Å²) in [5, 5.41) is 8.33. The number of nitrogens with zero attached hydrogens (tertiary/aromatic N) is 7. The summed E-state index contributed by atoms with van der Waals surface area (Å²) in [5.41, 5.74) is 4.43. The molecule has 1 amide bonds. The van der Waals surface area contributed by atoms with Crippen molar-refractivity contribution in [2.45, 2.75) is 6.54 Å². The number of hydrogen-bond donors (Lipinski definition) is 1. The van der Waals surface area contributed by atoms with Gasteiger partial charge >= 0.3 is 0 Å². The second kappa shape index (κ2) is 10.8. The summed E-state index contributed by atoms with van der Waals surface area (Å²) < 4.78 is 12.8. The predicted molar refractivity (Wildman–Crippen MR) is 143 cm³/mol. The Morgan fingerprint density at radius 2 is 1.74 bits per heavy atom. The van der Waals surface area contributed by atoms with Crippen LogP contribution in [-0.2, 0) is 23.1 Å². The number of carbonyl (C=O) groups excluding carboxylic acids is 1. The molecule has 2 saturated heterocycles. The normalized spacial score (nSPS) is 16.6. The molecule has 11 nitrogen and oxygen atoms in total. The van der Waals surface area contributed by atoms with Crippen molar-refractivity contribution < 1.29 is 14.3 Å². The highest BCUT2D eigenvalue weighted by molar-refractivity contribution is 6.04.